The van der Waals surface area contributed by atoms with Crippen LogP contribution in [-0.4, -0.2) is 11.7 Å². The first-order valence-electron chi connectivity index (χ1n) is 13.3. The van der Waals surface area contributed by atoms with Crippen LogP contribution in [0.15, 0.2) is 48.5 Å². The highest BCUT2D eigenvalue weighted by molar-refractivity contribution is 5.64. The van der Waals surface area contributed by atoms with Crippen LogP contribution >= 0.6 is 0 Å². The summed E-state index contributed by atoms with van der Waals surface area (Å²) in [5.74, 6) is 1.24. The lowest BCUT2D eigenvalue weighted by Gasteiger charge is -2.08. The van der Waals surface area contributed by atoms with E-state index in [4.69, 9.17) is 4.74 Å². The summed E-state index contributed by atoms with van der Waals surface area (Å²) in [5.41, 5.74) is 2.24. The lowest BCUT2D eigenvalue weighted by Crippen LogP contribution is -1.97. The number of aromatic hydroxyl groups is 1. The average molecular weight is 439 g/mol. The highest BCUT2D eigenvalue weighted by Crippen LogP contribution is 2.24. The summed E-state index contributed by atoms with van der Waals surface area (Å²) < 4.78 is 5.90. The van der Waals surface area contributed by atoms with Gasteiger partial charge in [0.25, 0.3) is 0 Å². The molecule has 0 aliphatic heterocycles. The molecule has 0 unspecified atom stereocenters. The van der Waals surface area contributed by atoms with Crippen molar-refractivity contribution in [3.05, 3.63) is 48.5 Å². The van der Waals surface area contributed by atoms with Gasteiger partial charge in [0.15, 0.2) is 0 Å². The molecular weight excluding hydrogens is 392 g/mol. The second-order valence-corrected chi connectivity index (χ2v) is 9.22. The summed E-state index contributed by atoms with van der Waals surface area (Å²) in [6.07, 6.45) is 22.3. The van der Waals surface area contributed by atoms with Crippen molar-refractivity contribution in [2.75, 3.05) is 6.61 Å². The van der Waals surface area contributed by atoms with Crippen LogP contribution in [0.1, 0.15) is 110 Å². The van der Waals surface area contributed by atoms with Gasteiger partial charge in [0.1, 0.15) is 11.5 Å². The van der Waals surface area contributed by atoms with Gasteiger partial charge >= 0.3 is 0 Å². The first-order valence-corrected chi connectivity index (χ1v) is 13.3. The van der Waals surface area contributed by atoms with E-state index in [1.165, 1.54) is 96.3 Å². The summed E-state index contributed by atoms with van der Waals surface area (Å²) in [5, 5.41) is 9.40. The summed E-state index contributed by atoms with van der Waals surface area (Å²) in [7, 11) is 0. The maximum absolute atomic E-state index is 9.40. The van der Waals surface area contributed by atoms with E-state index in [0.29, 0.717) is 5.75 Å². The molecule has 0 radical (unpaired) electrons. The Labute approximate surface area is 197 Å². The maximum atomic E-state index is 9.40. The highest BCUT2D eigenvalue weighted by atomic mass is 16.5. The Morgan fingerprint density at radius 3 is 1.31 bits per heavy atom. The van der Waals surface area contributed by atoms with E-state index in [2.05, 4.69) is 19.1 Å². The Morgan fingerprint density at radius 1 is 0.500 bits per heavy atom. The van der Waals surface area contributed by atoms with Gasteiger partial charge in [-0.25, -0.2) is 0 Å². The highest BCUT2D eigenvalue weighted by Gasteiger charge is 2.00. The maximum Gasteiger partial charge on any atom is 0.119 e. The summed E-state index contributed by atoms with van der Waals surface area (Å²) in [4.78, 5) is 0. The van der Waals surface area contributed by atoms with Crippen LogP contribution in [-0.2, 0) is 0 Å². The quantitative estimate of drug-likeness (QED) is 0.221. The Bertz CT molecular complexity index is 675. The molecule has 0 aliphatic rings. The first kappa shape index (κ1) is 26.3. The van der Waals surface area contributed by atoms with E-state index < -0.39 is 0 Å². The first-order chi connectivity index (χ1) is 15.8. The minimum absolute atomic E-state index is 0.299. The van der Waals surface area contributed by atoms with Crippen molar-refractivity contribution in [1.29, 1.82) is 0 Å². The topological polar surface area (TPSA) is 29.5 Å². The van der Waals surface area contributed by atoms with Gasteiger partial charge in [-0.15, -0.1) is 0 Å². The van der Waals surface area contributed by atoms with Crippen LogP contribution < -0.4 is 4.74 Å². The number of phenolic OH excluding ortho intramolecular Hbond substituents is 1. The molecule has 2 aromatic carbocycles. The predicted octanol–water partition coefficient (Wildman–Crippen LogP) is 9.70. The minimum Gasteiger partial charge on any atom is -0.508 e. The normalized spacial score (nSPS) is 11.0. The van der Waals surface area contributed by atoms with Gasteiger partial charge in [-0.2, -0.15) is 0 Å². The Morgan fingerprint density at radius 2 is 0.875 bits per heavy atom. The Balaban J connectivity index is 1.37. The summed E-state index contributed by atoms with van der Waals surface area (Å²) in [6.45, 7) is 3.09. The van der Waals surface area contributed by atoms with Crippen molar-refractivity contribution in [2.24, 2.45) is 0 Å². The molecule has 2 nitrogen and oxygen atoms in total. The minimum atomic E-state index is 0.299. The molecule has 178 valence electrons. The molecule has 0 spiro atoms. The number of ether oxygens (including phenoxy) is 1. The SMILES string of the molecule is CCCCCCCCCCCCCCCCCCOc1ccc(-c2ccc(O)cc2)cc1. The zero-order chi connectivity index (χ0) is 22.7. The Kier molecular flexibility index (Phi) is 14.4. The van der Waals surface area contributed by atoms with Crippen molar-refractivity contribution in [1.82, 2.24) is 0 Å². The fraction of sp³-hybridized carbons (Fsp3) is 0.600. The molecular formula is C30H46O2. The van der Waals surface area contributed by atoms with E-state index in [1.54, 1.807) is 12.1 Å². The number of rotatable bonds is 19. The molecule has 0 saturated heterocycles. The van der Waals surface area contributed by atoms with Crippen molar-refractivity contribution < 1.29 is 9.84 Å². The number of hydrogen-bond acceptors (Lipinski definition) is 2. The van der Waals surface area contributed by atoms with Crippen LogP contribution in [0.25, 0.3) is 11.1 Å². The number of unbranched alkanes of at least 4 members (excludes halogenated alkanes) is 15. The molecule has 0 heterocycles. The zero-order valence-electron chi connectivity index (χ0n) is 20.5. The second kappa shape index (κ2) is 17.6. The standard InChI is InChI=1S/C30H46O2/c1-2-3-4-5-6-7-8-9-10-11-12-13-14-15-16-17-26-32-30-24-20-28(21-25-30)27-18-22-29(31)23-19-27/h18-25,31H,2-17,26H2,1H3. The van der Waals surface area contributed by atoms with Gasteiger partial charge in [0.2, 0.25) is 0 Å². The zero-order valence-corrected chi connectivity index (χ0v) is 20.5. The second-order valence-electron chi connectivity index (χ2n) is 9.22. The van der Waals surface area contributed by atoms with Crippen molar-refractivity contribution in [2.45, 2.75) is 110 Å². The smallest absolute Gasteiger partial charge is 0.119 e. The fourth-order valence-electron chi connectivity index (χ4n) is 4.24. The van der Waals surface area contributed by atoms with Crippen LogP contribution in [0.4, 0.5) is 0 Å². The third-order valence-electron chi connectivity index (χ3n) is 6.32. The third kappa shape index (κ3) is 12.2. The third-order valence-corrected chi connectivity index (χ3v) is 6.32. The molecule has 0 aromatic heterocycles. The molecule has 1 N–H and O–H groups in total. The van der Waals surface area contributed by atoms with Crippen LogP contribution in [0.5, 0.6) is 11.5 Å². The lowest BCUT2D eigenvalue weighted by molar-refractivity contribution is 0.304. The average Bonchev–Trinajstić information content (AvgIpc) is 2.82. The number of benzene rings is 2. The lowest BCUT2D eigenvalue weighted by atomic mass is 10.0. The molecule has 0 saturated carbocycles. The largest absolute Gasteiger partial charge is 0.508 e. The van der Waals surface area contributed by atoms with E-state index in [-0.39, 0.29) is 0 Å². The van der Waals surface area contributed by atoms with Gasteiger partial charge in [-0.1, -0.05) is 128 Å². The molecule has 2 aromatic rings. The van der Waals surface area contributed by atoms with Crippen LogP contribution in [0.2, 0.25) is 0 Å². The molecule has 0 fully saturated rings. The van der Waals surface area contributed by atoms with Crippen molar-refractivity contribution >= 4 is 0 Å². The Hall–Kier alpha value is -1.96. The van der Waals surface area contributed by atoms with Gasteiger partial charge in [0.05, 0.1) is 6.61 Å². The fourth-order valence-corrected chi connectivity index (χ4v) is 4.24. The van der Waals surface area contributed by atoms with Gasteiger partial charge in [-0.05, 0) is 41.8 Å². The molecule has 0 amide bonds. The predicted molar refractivity (Wildman–Crippen MR) is 139 cm³/mol. The van der Waals surface area contributed by atoms with Crippen LogP contribution in [0.3, 0.4) is 0 Å². The molecule has 0 bridgehead atoms. The number of hydrogen-bond donors (Lipinski definition) is 1. The molecule has 32 heavy (non-hydrogen) atoms. The van der Waals surface area contributed by atoms with Crippen molar-refractivity contribution in [3.63, 3.8) is 0 Å². The van der Waals surface area contributed by atoms with E-state index >= 15 is 0 Å². The van der Waals surface area contributed by atoms with Crippen LogP contribution in [0, 0.1) is 0 Å². The number of phenols is 1. The molecule has 0 atom stereocenters. The summed E-state index contributed by atoms with van der Waals surface area (Å²) >= 11 is 0. The molecule has 2 heteroatoms. The van der Waals surface area contributed by atoms with Gasteiger partial charge in [0, 0.05) is 0 Å². The van der Waals surface area contributed by atoms with Crippen molar-refractivity contribution in [3.8, 4) is 22.6 Å². The molecule has 0 aliphatic carbocycles. The van der Waals surface area contributed by atoms with Gasteiger partial charge < -0.3 is 9.84 Å². The van der Waals surface area contributed by atoms with E-state index in [1.807, 2.05) is 24.3 Å². The van der Waals surface area contributed by atoms with E-state index in [0.717, 1.165) is 29.9 Å². The molecule has 2 rings (SSSR count). The van der Waals surface area contributed by atoms with E-state index in [9.17, 15) is 5.11 Å². The summed E-state index contributed by atoms with van der Waals surface area (Å²) in [6, 6.07) is 15.5. The monoisotopic (exact) mass is 438 g/mol. The van der Waals surface area contributed by atoms with Gasteiger partial charge in [-0.3, -0.25) is 0 Å².